The number of rotatable bonds is 12. The van der Waals surface area contributed by atoms with E-state index >= 15 is 0 Å². The molecule has 0 saturated heterocycles. The highest BCUT2D eigenvalue weighted by molar-refractivity contribution is 7.99. The van der Waals surface area contributed by atoms with Crippen LogP contribution in [0.2, 0.25) is 0 Å². The summed E-state index contributed by atoms with van der Waals surface area (Å²) in [6.45, 7) is 12.8. The predicted molar refractivity (Wildman–Crippen MR) is 132 cm³/mol. The number of unbranched alkanes of at least 4 members (excludes halogenated alkanes) is 1. The second-order valence-electron chi connectivity index (χ2n) is 8.45. The van der Waals surface area contributed by atoms with Gasteiger partial charge in [-0.25, -0.2) is 13.4 Å². The number of hydrogen-bond donors (Lipinski definition) is 1. The molecule has 0 spiro atoms. The van der Waals surface area contributed by atoms with Crippen molar-refractivity contribution in [1.29, 1.82) is 5.26 Å². The Morgan fingerprint density at radius 2 is 1.97 bits per heavy atom. The summed E-state index contributed by atoms with van der Waals surface area (Å²) in [5.41, 5.74) is 0.494. The number of benzene rings is 1. The molecule has 2 aromatic rings. The lowest BCUT2D eigenvalue weighted by Gasteiger charge is -2.27. The van der Waals surface area contributed by atoms with Crippen LogP contribution in [0.25, 0.3) is 11.0 Å². The van der Waals surface area contributed by atoms with Crippen LogP contribution in [0.3, 0.4) is 0 Å². The zero-order valence-corrected chi connectivity index (χ0v) is 22.0. The lowest BCUT2D eigenvalue weighted by atomic mass is 9.90. The predicted octanol–water partition coefficient (Wildman–Crippen LogP) is 4.01. The fourth-order valence-corrected chi connectivity index (χ4v) is 5.68. The number of nitriles is 1. The molecule has 182 valence electrons. The maximum Gasteiger partial charge on any atom is 0.243 e. The number of carbonyl (C=O) groups is 1. The van der Waals surface area contributed by atoms with Crippen molar-refractivity contribution in [3.63, 3.8) is 0 Å². The monoisotopic (exact) mass is 493 g/mol. The normalized spacial score (nSPS) is 13.9. The zero-order valence-electron chi connectivity index (χ0n) is 20.4. The minimum absolute atomic E-state index is 0.0308. The minimum atomic E-state index is -3.59. The van der Waals surface area contributed by atoms with Gasteiger partial charge in [-0.2, -0.15) is 9.57 Å². The van der Waals surface area contributed by atoms with Crippen LogP contribution >= 0.6 is 11.8 Å². The smallest absolute Gasteiger partial charge is 0.243 e. The van der Waals surface area contributed by atoms with Crippen molar-refractivity contribution >= 4 is 38.7 Å². The summed E-state index contributed by atoms with van der Waals surface area (Å²) in [7, 11) is -3.59. The van der Waals surface area contributed by atoms with Gasteiger partial charge in [0.05, 0.1) is 27.8 Å². The van der Waals surface area contributed by atoms with E-state index in [2.05, 4.69) is 23.3 Å². The Kier molecular flexibility index (Phi) is 9.35. The molecule has 0 aliphatic heterocycles. The molecule has 8 nitrogen and oxygen atoms in total. The number of imidazole rings is 1. The molecule has 1 N–H and O–H groups in total. The first-order valence-corrected chi connectivity index (χ1v) is 13.8. The number of fused-ring (bicyclic) bond motifs is 1. The molecule has 1 amide bonds. The molecule has 0 saturated carbocycles. The molecule has 33 heavy (non-hydrogen) atoms. The van der Waals surface area contributed by atoms with Gasteiger partial charge < -0.3 is 9.88 Å². The van der Waals surface area contributed by atoms with E-state index in [1.54, 1.807) is 25.1 Å². The van der Waals surface area contributed by atoms with Crippen molar-refractivity contribution in [2.75, 3.05) is 18.8 Å². The Labute approximate surface area is 201 Å². The topological polar surface area (TPSA) is 108 Å². The number of hydrogen-bond acceptors (Lipinski definition) is 6. The molecule has 1 aromatic heterocycles. The molecule has 0 aliphatic rings. The van der Waals surface area contributed by atoms with Gasteiger partial charge in [-0.3, -0.25) is 4.79 Å². The average molecular weight is 494 g/mol. The van der Waals surface area contributed by atoms with Crippen LogP contribution in [0.15, 0.2) is 28.3 Å². The van der Waals surface area contributed by atoms with Gasteiger partial charge in [0.15, 0.2) is 5.16 Å². The van der Waals surface area contributed by atoms with Crippen molar-refractivity contribution in [2.24, 2.45) is 5.92 Å². The zero-order chi connectivity index (χ0) is 24.8. The Morgan fingerprint density at radius 3 is 2.52 bits per heavy atom. The summed E-state index contributed by atoms with van der Waals surface area (Å²) in [6.07, 6.45) is 1.93. The highest BCUT2D eigenvalue weighted by Crippen LogP contribution is 2.28. The first-order valence-electron chi connectivity index (χ1n) is 11.4. The van der Waals surface area contributed by atoms with Crippen molar-refractivity contribution < 1.29 is 13.2 Å². The second-order valence-corrected chi connectivity index (χ2v) is 11.3. The van der Waals surface area contributed by atoms with Crippen LogP contribution in [0.1, 0.15) is 54.4 Å². The van der Waals surface area contributed by atoms with Crippen molar-refractivity contribution in [2.45, 2.75) is 76.5 Å². The van der Waals surface area contributed by atoms with Gasteiger partial charge in [0.1, 0.15) is 5.54 Å². The molecule has 0 radical (unpaired) electrons. The van der Waals surface area contributed by atoms with Crippen molar-refractivity contribution in [1.82, 2.24) is 19.2 Å². The number of amides is 1. The van der Waals surface area contributed by atoms with Gasteiger partial charge in [-0.15, -0.1) is 0 Å². The van der Waals surface area contributed by atoms with Gasteiger partial charge in [0.2, 0.25) is 15.9 Å². The molecular formula is C23H35N5O3S2. The van der Waals surface area contributed by atoms with Crippen LogP contribution in [-0.2, 0) is 21.4 Å². The van der Waals surface area contributed by atoms with Gasteiger partial charge in [0.25, 0.3) is 0 Å². The van der Waals surface area contributed by atoms with E-state index in [0.29, 0.717) is 23.8 Å². The first kappa shape index (κ1) is 27.2. The standard InChI is InChI=1S/C23H35N5O3S2/c1-7-10-13-28-20-12-11-18(33(30,31)27(8-2)9-3)14-19(20)25-22(28)32-15-21(29)26-23(6,16-24)17(4)5/h11-12,14,17H,7-10,13,15H2,1-6H3,(H,26,29)/t23-/m1/s1. The lowest BCUT2D eigenvalue weighted by molar-refractivity contribution is -0.120. The lowest BCUT2D eigenvalue weighted by Crippen LogP contribution is -2.49. The minimum Gasteiger partial charge on any atom is -0.337 e. The Morgan fingerprint density at radius 1 is 1.30 bits per heavy atom. The van der Waals surface area contributed by atoms with E-state index in [1.165, 1.54) is 16.1 Å². The molecular weight excluding hydrogens is 458 g/mol. The van der Waals surface area contributed by atoms with Crippen molar-refractivity contribution in [3.05, 3.63) is 18.2 Å². The number of carbonyl (C=O) groups excluding carboxylic acids is 1. The quantitative estimate of drug-likeness (QED) is 0.448. The Hall–Kier alpha value is -2.09. The number of thioether (sulfide) groups is 1. The fraction of sp³-hybridized carbons (Fsp3) is 0.609. The van der Waals surface area contributed by atoms with Crippen LogP contribution < -0.4 is 5.32 Å². The molecule has 2 rings (SSSR count). The second kappa shape index (κ2) is 11.4. The summed E-state index contributed by atoms with van der Waals surface area (Å²) in [4.78, 5) is 17.4. The van der Waals surface area contributed by atoms with Crippen LogP contribution in [0.5, 0.6) is 0 Å². The summed E-state index contributed by atoms with van der Waals surface area (Å²) < 4.78 is 29.3. The van der Waals surface area contributed by atoms with Gasteiger partial charge in [0, 0.05) is 19.6 Å². The summed E-state index contributed by atoms with van der Waals surface area (Å²) in [5.74, 6) is -0.155. The fourth-order valence-electron chi connectivity index (χ4n) is 3.36. The van der Waals surface area contributed by atoms with Crippen LogP contribution in [0, 0.1) is 17.2 Å². The summed E-state index contributed by atoms with van der Waals surface area (Å²) in [5, 5.41) is 12.9. The molecule has 10 heteroatoms. The van der Waals surface area contributed by atoms with Gasteiger partial charge in [-0.05, 0) is 37.5 Å². The Balaban J connectivity index is 2.36. The molecule has 1 heterocycles. The van der Waals surface area contributed by atoms with Gasteiger partial charge >= 0.3 is 0 Å². The van der Waals surface area contributed by atoms with E-state index < -0.39 is 15.6 Å². The Bertz CT molecular complexity index is 1120. The third kappa shape index (κ3) is 6.08. The van der Waals surface area contributed by atoms with Gasteiger partial charge in [-0.1, -0.05) is 52.8 Å². The number of nitrogens with one attached hydrogen (secondary N) is 1. The summed E-state index contributed by atoms with van der Waals surface area (Å²) >= 11 is 1.29. The third-order valence-electron chi connectivity index (χ3n) is 5.88. The average Bonchev–Trinajstić information content (AvgIpc) is 3.13. The molecule has 0 fully saturated rings. The maximum atomic E-state index is 12.9. The highest BCUT2D eigenvalue weighted by Gasteiger charge is 2.30. The van der Waals surface area contributed by atoms with Crippen LogP contribution in [-0.4, -0.2) is 52.6 Å². The molecule has 0 aliphatic carbocycles. The molecule has 0 unspecified atom stereocenters. The number of nitrogens with zero attached hydrogens (tertiary/aromatic N) is 4. The number of aromatic nitrogens is 2. The van der Waals surface area contributed by atoms with E-state index in [1.807, 2.05) is 32.3 Å². The molecule has 1 aromatic carbocycles. The van der Waals surface area contributed by atoms with Crippen molar-refractivity contribution in [3.8, 4) is 6.07 Å². The highest BCUT2D eigenvalue weighted by atomic mass is 32.2. The van der Waals surface area contributed by atoms with E-state index in [9.17, 15) is 18.5 Å². The largest absolute Gasteiger partial charge is 0.337 e. The SMILES string of the molecule is CCCCn1c(SCC(=O)N[C@](C)(C#N)C(C)C)nc2cc(S(=O)(=O)N(CC)CC)ccc21. The number of aryl methyl sites for hydroxylation is 1. The first-order chi connectivity index (χ1) is 15.5. The van der Waals surface area contributed by atoms with Crippen LogP contribution in [0.4, 0.5) is 0 Å². The maximum absolute atomic E-state index is 12.9. The number of sulfonamides is 1. The summed E-state index contributed by atoms with van der Waals surface area (Å²) in [6, 6.07) is 7.22. The molecule has 0 bridgehead atoms. The molecule has 1 atom stereocenters. The van der Waals surface area contributed by atoms with E-state index in [4.69, 9.17) is 0 Å². The van der Waals surface area contributed by atoms with E-state index in [0.717, 1.165) is 24.9 Å². The van der Waals surface area contributed by atoms with E-state index in [-0.39, 0.29) is 22.5 Å². The third-order valence-corrected chi connectivity index (χ3v) is 8.90.